The highest BCUT2D eigenvalue weighted by molar-refractivity contribution is 5.79. The number of hydrogen-bond acceptors (Lipinski definition) is 4. The number of benzene rings is 1. The van der Waals surface area contributed by atoms with E-state index in [0.29, 0.717) is 28.3 Å². The van der Waals surface area contributed by atoms with Crippen LogP contribution in [-0.2, 0) is 7.05 Å². The van der Waals surface area contributed by atoms with E-state index in [-0.39, 0.29) is 11.9 Å². The molecule has 0 atom stereocenters. The molecule has 4 aromatic rings. The maximum atomic E-state index is 13.2. The molecule has 0 aliphatic heterocycles. The van der Waals surface area contributed by atoms with E-state index in [1.165, 1.54) is 16.7 Å². The largest absolute Gasteiger partial charge is 0.329 e. The summed E-state index contributed by atoms with van der Waals surface area (Å²) >= 11 is 0. The van der Waals surface area contributed by atoms with Crippen LogP contribution in [0.3, 0.4) is 0 Å². The molecule has 0 saturated carbocycles. The number of hydrogen-bond donors (Lipinski definition) is 1. The Kier molecular flexibility index (Phi) is 3.14. The van der Waals surface area contributed by atoms with Crippen molar-refractivity contribution >= 4 is 16.9 Å². The first-order valence-electron chi connectivity index (χ1n) is 7.74. The summed E-state index contributed by atoms with van der Waals surface area (Å²) in [6.07, 6.45) is 0. The number of halogens is 1. The number of aromatic nitrogens is 6. The summed E-state index contributed by atoms with van der Waals surface area (Å²) in [7, 11) is 1.57. The smallest absolute Gasteiger partial charge is 0.300 e. The second-order valence-corrected chi connectivity index (χ2v) is 6.12. The van der Waals surface area contributed by atoms with E-state index in [9.17, 15) is 14.0 Å². The van der Waals surface area contributed by atoms with Crippen LogP contribution in [-0.4, -0.2) is 28.7 Å². The van der Waals surface area contributed by atoms with Gasteiger partial charge in [0, 0.05) is 18.7 Å². The first-order chi connectivity index (χ1) is 11.9. The minimum Gasteiger partial charge on any atom is -0.300 e. The number of rotatable bonds is 2. The van der Waals surface area contributed by atoms with E-state index in [1.54, 1.807) is 28.1 Å². The van der Waals surface area contributed by atoms with Crippen molar-refractivity contribution in [2.24, 2.45) is 7.05 Å². The molecule has 0 bridgehead atoms. The zero-order valence-electron chi connectivity index (χ0n) is 13.8. The number of nitrogens with zero attached hydrogens (tertiary/aromatic N) is 5. The third-order valence-corrected chi connectivity index (χ3v) is 4.20. The summed E-state index contributed by atoms with van der Waals surface area (Å²) in [4.78, 5) is 26.8. The molecular weight excluding hydrogens is 327 g/mol. The molecule has 0 spiro atoms. The van der Waals surface area contributed by atoms with Crippen molar-refractivity contribution in [3.63, 3.8) is 0 Å². The van der Waals surface area contributed by atoms with Crippen molar-refractivity contribution in [2.45, 2.75) is 19.9 Å². The average molecular weight is 342 g/mol. The van der Waals surface area contributed by atoms with Gasteiger partial charge in [-0.3, -0.25) is 18.9 Å². The molecule has 25 heavy (non-hydrogen) atoms. The van der Waals surface area contributed by atoms with Gasteiger partial charge in [-0.15, -0.1) is 10.2 Å². The molecule has 0 aliphatic carbocycles. The molecule has 128 valence electrons. The number of imidazole rings is 1. The molecule has 1 aromatic carbocycles. The van der Waals surface area contributed by atoms with Crippen LogP contribution in [0.25, 0.3) is 28.3 Å². The van der Waals surface area contributed by atoms with Gasteiger partial charge in [-0.05, 0) is 38.1 Å². The van der Waals surface area contributed by atoms with Gasteiger partial charge in [-0.2, -0.15) is 0 Å². The van der Waals surface area contributed by atoms with E-state index in [0.717, 1.165) is 0 Å². The van der Waals surface area contributed by atoms with Crippen molar-refractivity contribution < 1.29 is 4.39 Å². The predicted molar refractivity (Wildman–Crippen MR) is 90.1 cm³/mol. The van der Waals surface area contributed by atoms with Crippen LogP contribution in [0.2, 0.25) is 0 Å². The highest BCUT2D eigenvalue weighted by Crippen LogP contribution is 2.26. The number of nitrogens with one attached hydrogen (secondary N) is 1. The minimum absolute atomic E-state index is 0.0798. The molecule has 3 aromatic heterocycles. The van der Waals surface area contributed by atoms with Gasteiger partial charge in [0.1, 0.15) is 5.82 Å². The van der Waals surface area contributed by atoms with Crippen LogP contribution in [0, 0.1) is 5.82 Å². The first kappa shape index (κ1) is 15.3. The van der Waals surface area contributed by atoms with Crippen LogP contribution in [0.4, 0.5) is 4.39 Å². The van der Waals surface area contributed by atoms with E-state index in [1.807, 2.05) is 13.8 Å². The Morgan fingerprint density at radius 3 is 2.44 bits per heavy atom. The van der Waals surface area contributed by atoms with Crippen molar-refractivity contribution in [1.29, 1.82) is 0 Å². The molecule has 0 aliphatic rings. The molecule has 0 fully saturated rings. The second kappa shape index (κ2) is 5.13. The standard InChI is InChI=1S/C16H15FN6O2/c1-8(2)22-11-13(24)18-16(25)21(3)14(11)23-12(19-20-15(22)23)9-4-6-10(17)7-5-9/h4-8H,1-3H3,(H,18,24,25). The topological polar surface area (TPSA) is 90.0 Å². The molecule has 0 radical (unpaired) electrons. The fourth-order valence-corrected chi connectivity index (χ4v) is 3.07. The van der Waals surface area contributed by atoms with Crippen LogP contribution < -0.4 is 11.2 Å². The van der Waals surface area contributed by atoms with Gasteiger partial charge >= 0.3 is 5.69 Å². The predicted octanol–water partition coefficient (Wildman–Crippen LogP) is 1.46. The Hall–Kier alpha value is -3.23. The second-order valence-electron chi connectivity index (χ2n) is 6.12. The summed E-state index contributed by atoms with van der Waals surface area (Å²) in [6.45, 7) is 3.83. The van der Waals surface area contributed by atoms with E-state index < -0.39 is 11.2 Å². The lowest BCUT2D eigenvalue weighted by Crippen LogP contribution is -2.29. The summed E-state index contributed by atoms with van der Waals surface area (Å²) in [5.41, 5.74) is 0.345. The molecule has 8 nitrogen and oxygen atoms in total. The fraction of sp³-hybridized carbons (Fsp3) is 0.250. The average Bonchev–Trinajstić information content (AvgIpc) is 3.11. The monoisotopic (exact) mass is 342 g/mol. The van der Waals surface area contributed by atoms with Gasteiger partial charge in [0.05, 0.1) is 0 Å². The molecule has 0 amide bonds. The van der Waals surface area contributed by atoms with E-state index in [2.05, 4.69) is 15.2 Å². The molecule has 3 heterocycles. The lowest BCUT2D eigenvalue weighted by Gasteiger charge is -2.07. The Balaban J connectivity index is 2.25. The third-order valence-electron chi connectivity index (χ3n) is 4.20. The van der Waals surface area contributed by atoms with Gasteiger partial charge in [0.15, 0.2) is 17.0 Å². The number of aryl methyl sites for hydroxylation is 1. The molecule has 1 N–H and O–H groups in total. The minimum atomic E-state index is -0.529. The lowest BCUT2D eigenvalue weighted by atomic mass is 10.2. The zero-order valence-corrected chi connectivity index (χ0v) is 13.8. The molecule has 0 unspecified atom stereocenters. The van der Waals surface area contributed by atoms with Gasteiger partial charge in [0.25, 0.3) is 5.56 Å². The van der Waals surface area contributed by atoms with Crippen LogP contribution >= 0.6 is 0 Å². The lowest BCUT2D eigenvalue weighted by molar-refractivity contribution is 0.628. The first-order valence-corrected chi connectivity index (χ1v) is 7.74. The van der Waals surface area contributed by atoms with Gasteiger partial charge in [0.2, 0.25) is 5.78 Å². The third kappa shape index (κ3) is 2.05. The Morgan fingerprint density at radius 1 is 1.12 bits per heavy atom. The molecule has 0 saturated heterocycles. The molecule has 4 rings (SSSR count). The summed E-state index contributed by atoms with van der Waals surface area (Å²) in [5, 5.41) is 8.39. The van der Waals surface area contributed by atoms with Crippen molar-refractivity contribution in [2.75, 3.05) is 0 Å². The molecule has 9 heteroatoms. The number of aromatic amines is 1. The van der Waals surface area contributed by atoms with Crippen molar-refractivity contribution in [3.8, 4) is 11.4 Å². The summed E-state index contributed by atoms with van der Waals surface area (Å²) in [5.74, 6) is 0.508. The summed E-state index contributed by atoms with van der Waals surface area (Å²) in [6, 6.07) is 5.72. The fourth-order valence-electron chi connectivity index (χ4n) is 3.07. The zero-order chi connectivity index (χ0) is 17.9. The molecular formula is C16H15FN6O2. The Morgan fingerprint density at radius 2 is 1.80 bits per heavy atom. The van der Waals surface area contributed by atoms with Gasteiger partial charge < -0.3 is 0 Å². The van der Waals surface area contributed by atoms with Crippen LogP contribution in [0.1, 0.15) is 19.9 Å². The van der Waals surface area contributed by atoms with Crippen molar-refractivity contribution in [1.82, 2.24) is 28.7 Å². The quantitative estimate of drug-likeness (QED) is 0.597. The SMILES string of the molecule is CC(C)n1c2c(=O)[nH]c(=O)n(C)c2n2c(-c3ccc(F)cc3)nnc12. The summed E-state index contributed by atoms with van der Waals surface area (Å²) < 4.78 is 18.0. The Bertz CT molecular complexity index is 1230. The highest BCUT2D eigenvalue weighted by Gasteiger charge is 2.23. The number of fused-ring (bicyclic) bond motifs is 3. The van der Waals surface area contributed by atoms with Crippen LogP contribution in [0.15, 0.2) is 33.9 Å². The Labute approximate surface area is 140 Å². The van der Waals surface area contributed by atoms with Gasteiger partial charge in [-0.1, -0.05) is 0 Å². The van der Waals surface area contributed by atoms with Crippen molar-refractivity contribution in [3.05, 3.63) is 50.9 Å². The highest BCUT2D eigenvalue weighted by atomic mass is 19.1. The van der Waals surface area contributed by atoms with E-state index in [4.69, 9.17) is 0 Å². The number of H-pyrrole nitrogens is 1. The van der Waals surface area contributed by atoms with Crippen LogP contribution in [0.5, 0.6) is 0 Å². The van der Waals surface area contributed by atoms with Gasteiger partial charge in [-0.25, -0.2) is 13.6 Å². The maximum Gasteiger partial charge on any atom is 0.329 e. The van der Waals surface area contributed by atoms with E-state index >= 15 is 0 Å². The normalized spacial score (nSPS) is 11.9. The maximum absolute atomic E-state index is 13.2.